The van der Waals surface area contributed by atoms with E-state index in [1.54, 1.807) is 0 Å². The van der Waals surface area contributed by atoms with Gasteiger partial charge in [-0.2, -0.15) is 13.1 Å². The van der Waals surface area contributed by atoms with Crippen molar-refractivity contribution >= 4 is 27.6 Å². The van der Waals surface area contributed by atoms with E-state index in [9.17, 15) is 22.0 Å². The van der Waals surface area contributed by atoms with E-state index in [1.807, 2.05) is 0 Å². The third kappa shape index (κ3) is 5.45. The minimum absolute atomic E-state index is 0.00680. The summed E-state index contributed by atoms with van der Waals surface area (Å²) >= 11 is 6.07. The molecule has 0 aromatic heterocycles. The van der Waals surface area contributed by atoms with E-state index in [-0.39, 0.29) is 54.1 Å². The van der Waals surface area contributed by atoms with E-state index in [1.165, 1.54) is 46.8 Å². The van der Waals surface area contributed by atoms with Crippen LogP contribution in [0.4, 0.5) is 8.78 Å². The lowest BCUT2D eigenvalue weighted by Crippen LogP contribution is -2.40. The predicted octanol–water partition coefficient (Wildman–Crippen LogP) is 3.32. The molecular formula is C19H18ClF2NO6S. The fraction of sp³-hybridized carbons (Fsp3) is 0.316. The molecule has 0 saturated carbocycles. The molecule has 3 rings (SSSR count). The number of hydrogen-bond acceptors (Lipinski definition) is 6. The van der Waals surface area contributed by atoms with Crippen LogP contribution < -0.4 is 4.74 Å². The molecule has 0 amide bonds. The van der Waals surface area contributed by atoms with Crippen LogP contribution in [0.5, 0.6) is 5.75 Å². The van der Waals surface area contributed by atoms with Crippen LogP contribution in [0.15, 0.2) is 47.4 Å². The van der Waals surface area contributed by atoms with Gasteiger partial charge < -0.3 is 14.2 Å². The molecule has 0 atom stereocenters. The second-order valence-corrected chi connectivity index (χ2v) is 8.57. The molecule has 11 heteroatoms. The van der Waals surface area contributed by atoms with E-state index >= 15 is 0 Å². The summed E-state index contributed by atoms with van der Waals surface area (Å²) in [5.41, 5.74) is 0.559. The van der Waals surface area contributed by atoms with Crippen LogP contribution in [-0.4, -0.2) is 51.6 Å². The number of rotatable bonds is 7. The quantitative estimate of drug-likeness (QED) is 0.588. The number of carbonyl (C=O) groups is 1. The standard InChI is InChI=1S/C19H18ClF2NO6S/c20-16-6-3-14(11-17(16)30(25,26)23-7-9-27-10-8-23)18(24)28-12-13-1-4-15(5-2-13)29-19(21)22/h1-6,11,19H,7-10,12H2. The van der Waals surface area contributed by atoms with Crippen LogP contribution in [0.3, 0.4) is 0 Å². The summed E-state index contributed by atoms with van der Waals surface area (Å²) in [5, 5.41) is -0.00680. The van der Waals surface area contributed by atoms with E-state index in [2.05, 4.69) is 4.74 Å². The maximum absolute atomic E-state index is 12.8. The van der Waals surface area contributed by atoms with Gasteiger partial charge in [-0.15, -0.1) is 0 Å². The monoisotopic (exact) mass is 461 g/mol. The Balaban J connectivity index is 1.70. The van der Waals surface area contributed by atoms with Gasteiger partial charge >= 0.3 is 12.6 Å². The number of ether oxygens (including phenoxy) is 3. The summed E-state index contributed by atoms with van der Waals surface area (Å²) in [6.45, 7) is -2.12. The van der Waals surface area contributed by atoms with Gasteiger partial charge in [0.2, 0.25) is 10.0 Å². The molecule has 0 N–H and O–H groups in total. The van der Waals surface area contributed by atoms with Crippen LogP contribution in [0.25, 0.3) is 0 Å². The Morgan fingerprint density at radius 3 is 2.43 bits per heavy atom. The fourth-order valence-corrected chi connectivity index (χ4v) is 4.66. The van der Waals surface area contributed by atoms with Gasteiger partial charge in [0.15, 0.2) is 0 Å². The molecule has 1 aliphatic rings. The van der Waals surface area contributed by atoms with Crippen molar-refractivity contribution in [2.75, 3.05) is 26.3 Å². The molecule has 1 heterocycles. The number of esters is 1. The van der Waals surface area contributed by atoms with Crippen LogP contribution in [0.2, 0.25) is 5.02 Å². The van der Waals surface area contributed by atoms with Crippen molar-refractivity contribution in [3.63, 3.8) is 0 Å². The summed E-state index contributed by atoms with van der Waals surface area (Å²) in [5.74, 6) is -0.770. The second-order valence-electron chi connectivity index (χ2n) is 6.26. The maximum Gasteiger partial charge on any atom is 0.387 e. The van der Waals surface area contributed by atoms with Gasteiger partial charge in [0.25, 0.3) is 0 Å². The minimum Gasteiger partial charge on any atom is -0.457 e. The Labute approximate surface area is 177 Å². The molecule has 1 saturated heterocycles. The van der Waals surface area contributed by atoms with Crippen LogP contribution in [0.1, 0.15) is 15.9 Å². The number of carbonyl (C=O) groups excluding carboxylic acids is 1. The second kappa shape index (κ2) is 9.69. The molecule has 0 aliphatic carbocycles. The Hall–Kier alpha value is -2.27. The first kappa shape index (κ1) is 22.4. The third-order valence-corrected chi connectivity index (χ3v) is 6.65. The lowest BCUT2D eigenvalue weighted by Gasteiger charge is -2.26. The van der Waals surface area contributed by atoms with Crippen molar-refractivity contribution in [2.45, 2.75) is 18.1 Å². The molecule has 0 radical (unpaired) electrons. The lowest BCUT2D eigenvalue weighted by atomic mass is 10.2. The predicted molar refractivity (Wildman–Crippen MR) is 103 cm³/mol. The number of nitrogens with zero attached hydrogens (tertiary/aromatic N) is 1. The number of halogens is 3. The van der Waals surface area contributed by atoms with Gasteiger partial charge in [0.1, 0.15) is 17.3 Å². The number of morpholine rings is 1. The molecule has 30 heavy (non-hydrogen) atoms. The van der Waals surface area contributed by atoms with Crippen molar-refractivity contribution in [2.24, 2.45) is 0 Å². The Morgan fingerprint density at radius 1 is 1.13 bits per heavy atom. The van der Waals surface area contributed by atoms with Crippen LogP contribution in [0, 0.1) is 0 Å². The van der Waals surface area contributed by atoms with Gasteiger partial charge in [-0.1, -0.05) is 23.7 Å². The topological polar surface area (TPSA) is 82.1 Å². The molecule has 0 unspecified atom stereocenters. The Kier molecular flexibility index (Phi) is 7.24. The van der Waals surface area contributed by atoms with Crippen molar-refractivity contribution in [3.05, 3.63) is 58.6 Å². The average molecular weight is 462 g/mol. The van der Waals surface area contributed by atoms with Crippen molar-refractivity contribution in [1.82, 2.24) is 4.31 Å². The molecule has 0 spiro atoms. The molecule has 2 aromatic rings. The first-order valence-corrected chi connectivity index (χ1v) is 10.7. The number of alkyl halides is 2. The van der Waals surface area contributed by atoms with Crippen LogP contribution in [-0.2, 0) is 26.1 Å². The Morgan fingerprint density at radius 2 is 1.80 bits per heavy atom. The lowest BCUT2D eigenvalue weighted by molar-refractivity contribution is -0.0498. The summed E-state index contributed by atoms with van der Waals surface area (Å²) in [6.07, 6.45) is 0. The molecule has 1 fully saturated rings. The highest BCUT2D eigenvalue weighted by atomic mass is 35.5. The van der Waals surface area contributed by atoms with Gasteiger partial charge in [0, 0.05) is 13.1 Å². The molecule has 2 aromatic carbocycles. The molecule has 1 aliphatic heterocycles. The summed E-state index contributed by atoms with van der Waals surface area (Å²) in [7, 11) is -3.89. The summed E-state index contributed by atoms with van der Waals surface area (Å²) < 4.78 is 65.9. The average Bonchev–Trinajstić information content (AvgIpc) is 2.73. The highest BCUT2D eigenvalue weighted by Crippen LogP contribution is 2.27. The highest BCUT2D eigenvalue weighted by Gasteiger charge is 2.29. The number of sulfonamides is 1. The zero-order chi connectivity index (χ0) is 21.7. The van der Waals surface area contributed by atoms with E-state index < -0.39 is 22.6 Å². The fourth-order valence-electron chi connectivity index (χ4n) is 2.75. The van der Waals surface area contributed by atoms with E-state index in [0.29, 0.717) is 5.56 Å². The SMILES string of the molecule is O=C(OCc1ccc(OC(F)F)cc1)c1ccc(Cl)c(S(=O)(=O)N2CCOCC2)c1. The normalized spacial score (nSPS) is 15.2. The number of benzene rings is 2. The largest absolute Gasteiger partial charge is 0.457 e. The molecule has 0 bridgehead atoms. The number of hydrogen-bond donors (Lipinski definition) is 0. The van der Waals surface area contributed by atoms with Crippen LogP contribution >= 0.6 is 11.6 Å². The van der Waals surface area contributed by atoms with E-state index in [4.69, 9.17) is 21.1 Å². The molecule has 7 nitrogen and oxygen atoms in total. The molecule has 162 valence electrons. The zero-order valence-corrected chi connectivity index (χ0v) is 17.2. The third-order valence-electron chi connectivity index (χ3n) is 4.27. The summed E-state index contributed by atoms with van der Waals surface area (Å²) in [6, 6.07) is 9.46. The highest BCUT2D eigenvalue weighted by molar-refractivity contribution is 7.89. The van der Waals surface area contributed by atoms with Gasteiger partial charge in [-0.25, -0.2) is 13.2 Å². The van der Waals surface area contributed by atoms with Gasteiger partial charge in [-0.05, 0) is 35.9 Å². The zero-order valence-electron chi connectivity index (χ0n) is 15.6. The maximum atomic E-state index is 12.8. The first-order valence-electron chi connectivity index (χ1n) is 8.85. The Bertz CT molecular complexity index is 995. The minimum atomic E-state index is -3.89. The molecular weight excluding hydrogens is 444 g/mol. The van der Waals surface area contributed by atoms with Crippen molar-refractivity contribution in [3.8, 4) is 5.75 Å². The van der Waals surface area contributed by atoms with Crippen molar-refractivity contribution < 1.29 is 36.2 Å². The van der Waals surface area contributed by atoms with Gasteiger partial charge in [0.05, 0.1) is 23.8 Å². The van der Waals surface area contributed by atoms with Crippen molar-refractivity contribution in [1.29, 1.82) is 0 Å². The van der Waals surface area contributed by atoms with Gasteiger partial charge in [-0.3, -0.25) is 0 Å². The summed E-state index contributed by atoms with van der Waals surface area (Å²) in [4.78, 5) is 12.2. The first-order chi connectivity index (χ1) is 14.3. The smallest absolute Gasteiger partial charge is 0.387 e. The van der Waals surface area contributed by atoms with E-state index in [0.717, 1.165) is 0 Å².